The number of aliphatic hydroxyl groups is 1. The second-order valence-electron chi connectivity index (χ2n) is 9.94. The van der Waals surface area contributed by atoms with Crippen molar-refractivity contribution in [2.24, 2.45) is 0 Å². The van der Waals surface area contributed by atoms with E-state index in [9.17, 15) is 14.7 Å². The van der Waals surface area contributed by atoms with Gasteiger partial charge in [-0.25, -0.2) is 4.98 Å². The number of ether oxygens (including phenoxy) is 1. The Morgan fingerprint density at radius 1 is 1.25 bits per heavy atom. The van der Waals surface area contributed by atoms with Crippen LogP contribution in [0.15, 0.2) is 35.4 Å². The molecule has 0 spiro atoms. The standard InChI is InChI=1S/C25H33N7O4/c1-25(36-3)10-8-15(9-11-25)31-12-4-5-18(24(31)35)28-20-13-21(26-2)32-22(30-20)16(14-27-32)23(34)29-17-6-7-19(17)33/h4-5,12-15,17,19,26,33H,6-11H2,1-3H3,(H,28,30)(H,29,34)/t15?,17?,19-,25?/m0/s1. The minimum absolute atomic E-state index is 0.109. The van der Waals surface area contributed by atoms with Gasteiger partial charge in [0.2, 0.25) is 0 Å². The van der Waals surface area contributed by atoms with Crippen molar-refractivity contribution < 1.29 is 14.6 Å². The molecule has 2 aliphatic carbocycles. The van der Waals surface area contributed by atoms with Crippen molar-refractivity contribution in [3.63, 3.8) is 0 Å². The predicted molar refractivity (Wildman–Crippen MR) is 136 cm³/mol. The number of aromatic nitrogens is 4. The van der Waals surface area contributed by atoms with E-state index in [4.69, 9.17) is 4.74 Å². The quantitative estimate of drug-likeness (QED) is 0.393. The normalized spacial score (nSPS) is 25.8. The van der Waals surface area contributed by atoms with E-state index in [1.807, 2.05) is 12.3 Å². The van der Waals surface area contributed by atoms with Gasteiger partial charge in [0.1, 0.15) is 22.9 Å². The van der Waals surface area contributed by atoms with Gasteiger partial charge in [0.25, 0.3) is 11.5 Å². The van der Waals surface area contributed by atoms with E-state index in [1.54, 1.807) is 30.9 Å². The minimum atomic E-state index is -0.526. The third-order valence-electron chi connectivity index (χ3n) is 7.66. The number of hydrogen-bond acceptors (Lipinski definition) is 8. The van der Waals surface area contributed by atoms with Crippen LogP contribution in [0.2, 0.25) is 0 Å². The topological polar surface area (TPSA) is 135 Å². The number of carbonyl (C=O) groups excluding carboxylic acids is 1. The van der Waals surface area contributed by atoms with Crippen LogP contribution in [0.4, 0.5) is 17.3 Å². The molecule has 11 heteroatoms. The van der Waals surface area contributed by atoms with Gasteiger partial charge < -0.3 is 30.4 Å². The van der Waals surface area contributed by atoms with Crippen LogP contribution in [0.3, 0.4) is 0 Å². The fourth-order valence-corrected chi connectivity index (χ4v) is 4.99. The number of carbonyl (C=O) groups is 1. The van der Waals surface area contributed by atoms with Crippen LogP contribution < -0.4 is 21.5 Å². The summed E-state index contributed by atoms with van der Waals surface area (Å²) < 4.78 is 8.97. The molecule has 2 atom stereocenters. The third-order valence-corrected chi connectivity index (χ3v) is 7.66. The van der Waals surface area contributed by atoms with Crippen LogP contribution in [0.5, 0.6) is 0 Å². The molecule has 3 aromatic rings. The summed E-state index contributed by atoms with van der Waals surface area (Å²) in [6.07, 6.45) is 7.70. The summed E-state index contributed by atoms with van der Waals surface area (Å²) in [6.45, 7) is 2.12. The number of methoxy groups -OCH3 is 1. The van der Waals surface area contributed by atoms with Crippen molar-refractivity contribution in [2.75, 3.05) is 24.8 Å². The Morgan fingerprint density at radius 3 is 2.67 bits per heavy atom. The molecule has 2 saturated carbocycles. The van der Waals surface area contributed by atoms with E-state index in [0.29, 0.717) is 35.0 Å². The molecule has 0 aliphatic heterocycles. The molecule has 1 amide bonds. The van der Waals surface area contributed by atoms with E-state index in [2.05, 4.69) is 33.0 Å². The minimum Gasteiger partial charge on any atom is -0.391 e. The molecule has 192 valence electrons. The van der Waals surface area contributed by atoms with Gasteiger partial charge in [0.15, 0.2) is 5.65 Å². The molecule has 0 radical (unpaired) electrons. The highest BCUT2D eigenvalue weighted by Crippen LogP contribution is 2.36. The number of fused-ring (bicyclic) bond motifs is 1. The first-order valence-corrected chi connectivity index (χ1v) is 12.4. The molecule has 4 N–H and O–H groups in total. The molecular weight excluding hydrogens is 462 g/mol. The van der Waals surface area contributed by atoms with Crippen LogP contribution in [0.25, 0.3) is 5.65 Å². The summed E-state index contributed by atoms with van der Waals surface area (Å²) in [5, 5.41) is 23.2. The fraction of sp³-hybridized carbons (Fsp3) is 0.520. The maximum absolute atomic E-state index is 13.4. The number of nitrogens with one attached hydrogen (secondary N) is 3. The van der Waals surface area contributed by atoms with Gasteiger partial charge in [0.05, 0.1) is 23.9 Å². The summed E-state index contributed by atoms with van der Waals surface area (Å²) in [5.41, 5.74) is 0.785. The molecule has 36 heavy (non-hydrogen) atoms. The SMILES string of the molecule is CNc1cc(Nc2cccn(C3CCC(C)(OC)CC3)c2=O)nc2c(C(=O)NC3CC[C@@H]3O)cnn12. The van der Waals surface area contributed by atoms with E-state index < -0.39 is 6.10 Å². The molecule has 11 nitrogen and oxygen atoms in total. The van der Waals surface area contributed by atoms with Crippen molar-refractivity contribution in [1.29, 1.82) is 0 Å². The predicted octanol–water partition coefficient (Wildman–Crippen LogP) is 2.45. The average Bonchev–Trinajstić information content (AvgIpc) is 3.32. The van der Waals surface area contributed by atoms with Crippen molar-refractivity contribution in [2.45, 2.75) is 69.2 Å². The van der Waals surface area contributed by atoms with Gasteiger partial charge in [0, 0.05) is 32.5 Å². The van der Waals surface area contributed by atoms with E-state index in [-0.39, 0.29) is 29.2 Å². The Bertz CT molecular complexity index is 1330. The number of aliphatic hydroxyl groups excluding tert-OH is 1. The number of nitrogens with zero attached hydrogens (tertiary/aromatic N) is 4. The molecule has 0 aromatic carbocycles. The lowest BCUT2D eigenvalue weighted by Gasteiger charge is -2.36. The molecule has 2 aliphatic rings. The molecule has 1 unspecified atom stereocenters. The van der Waals surface area contributed by atoms with E-state index >= 15 is 0 Å². The maximum atomic E-state index is 13.4. The number of pyridine rings is 1. The Morgan fingerprint density at radius 2 is 2.03 bits per heavy atom. The molecule has 2 fully saturated rings. The van der Waals surface area contributed by atoms with Crippen molar-refractivity contribution >= 4 is 28.9 Å². The Balaban J connectivity index is 1.42. The first-order chi connectivity index (χ1) is 17.3. The fourth-order valence-electron chi connectivity index (χ4n) is 4.99. The molecule has 3 heterocycles. The highest BCUT2D eigenvalue weighted by molar-refractivity contribution is 6.00. The highest BCUT2D eigenvalue weighted by atomic mass is 16.5. The monoisotopic (exact) mass is 495 g/mol. The average molecular weight is 496 g/mol. The van der Waals surface area contributed by atoms with Gasteiger partial charge in [-0.2, -0.15) is 9.61 Å². The molecule has 0 bridgehead atoms. The van der Waals surface area contributed by atoms with Crippen LogP contribution in [0, 0.1) is 0 Å². The number of rotatable bonds is 7. The molecule has 0 saturated heterocycles. The first kappa shape index (κ1) is 24.3. The van der Waals surface area contributed by atoms with Crippen LogP contribution >= 0.6 is 0 Å². The molecule has 5 rings (SSSR count). The van der Waals surface area contributed by atoms with Crippen molar-refractivity contribution in [3.8, 4) is 0 Å². The smallest absolute Gasteiger partial charge is 0.274 e. The highest BCUT2D eigenvalue weighted by Gasteiger charge is 2.33. The summed E-state index contributed by atoms with van der Waals surface area (Å²) in [6, 6.07) is 5.17. The summed E-state index contributed by atoms with van der Waals surface area (Å²) >= 11 is 0. The van der Waals surface area contributed by atoms with Gasteiger partial charge in [-0.3, -0.25) is 9.59 Å². The second-order valence-corrected chi connectivity index (χ2v) is 9.94. The van der Waals surface area contributed by atoms with E-state index in [0.717, 1.165) is 32.1 Å². The largest absolute Gasteiger partial charge is 0.391 e. The summed E-state index contributed by atoms with van der Waals surface area (Å²) in [5.74, 6) is 0.672. The zero-order chi connectivity index (χ0) is 25.4. The van der Waals surface area contributed by atoms with E-state index in [1.165, 1.54) is 10.7 Å². The maximum Gasteiger partial charge on any atom is 0.274 e. The zero-order valence-corrected chi connectivity index (χ0v) is 20.8. The number of amides is 1. The van der Waals surface area contributed by atoms with Crippen LogP contribution in [-0.2, 0) is 4.74 Å². The van der Waals surface area contributed by atoms with Gasteiger partial charge in [-0.05, 0) is 57.6 Å². The number of hydrogen-bond donors (Lipinski definition) is 4. The van der Waals surface area contributed by atoms with Crippen LogP contribution in [-0.4, -0.2) is 62.1 Å². The lowest BCUT2D eigenvalue weighted by atomic mass is 9.83. The first-order valence-electron chi connectivity index (χ1n) is 12.4. The summed E-state index contributed by atoms with van der Waals surface area (Å²) in [7, 11) is 3.49. The summed E-state index contributed by atoms with van der Waals surface area (Å²) in [4.78, 5) is 30.8. The van der Waals surface area contributed by atoms with Gasteiger partial charge in [-0.1, -0.05) is 0 Å². The van der Waals surface area contributed by atoms with Gasteiger partial charge >= 0.3 is 0 Å². The van der Waals surface area contributed by atoms with Gasteiger partial charge in [-0.15, -0.1) is 0 Å². The third kappa shape index (κ3) is 4.44. The van der Waals surface area contributed by atoms with Crippen molar-refractivity contribution in [1.82, 2.24) is 24.5 Å². The van der Waals surface area contributed by atoms with Crippen LogP contribution in [0.1, 0.15) is 61.8 Å². The molecule has 3 aromatic heterocycles. The van der Waals surface area contributed by atoms with Crippen molar-refractivity contribution in [3.05, 3.63) is 46.5 Å². The second kappa shape index (κ2) is 9.55. The zero-order valence-electron chi connectivity index (χ0n) is 20.8. The lowest BCUT2D eigenvalue weighted by molar-refractivity contribution is -0.0324. The Hall–Kier alpha value is -3.44. The Kier molecular flexibility index (Phi) is 6.44. The Labute approximate surface area is 208 Å². The molecular formula is C25H33N7O4. The lowest BCUT2D eigenvalue weighted by Crippen LogP contribution is -2.50. The number of anilines is 3.